The fourth-order valence-electron chi connectivity index (χ4n) is 1.62. The molecule has 0 aromatic carbocycles. The van der Waals surface area contributed by atoms with E-state index in [0.717, 1.165) is 0 Å². The van der Waals surface area contributed by atoms with Gasteiger partial charge in [-0.25, -0.2) is 4.79 Å². The monoisotopic (exact) mass is 253 g/mol. The molecule has 0 saturated heterocycles. The Balaban J connectivity index is 2.85. The van der Waals surface area contributed by atoms with Crippen LogP contribution in [-0.4, -0.2) is 32.8 Å². The second-order valence-electron chi connectivity index (χ2n) is 4.44. The third kappa shape index (κ3) is 2.88. The van der Waals surface area contributed by atoms with E-state index in [1.54, 1.807) is 25.6 Å². The smallest absolute Gasteiger partial charge is 0.326 e. The maximum Gasteiger partial charge on any atom is 0.326 e. The number of carboxylic acid groups (broad SMARTS) is 1. The number of nitrogens with zero attached hydrogens (tertiary/aromatic N) is 2. The Morgan fingerprint density at radius 3 is 2.56 bits per heavy atom. The molecule has 0 bridgehead atoms. The van der Waals surface area contributed by atoms with Crippen molar-refractivity contribution >= 4 is 11.9 Å². The lowest BCUT2D eigenvalue weighted by molar-refractivity contribution is -0.140. The highest BCUT2D eigenvalue weighted by molar-refractivity contribution is 5.97. The van der Waals surface area contributed by atoms with Crippen LogP contribution in [0.1, 0.15) is 36.3 Å². The minimum atomic E-state index is -1.01. The van der Waals surface area contributed by atoms with Crippen molar-refractivity contribution in [1.82, 2.24) is 15.1 Å². The van der Waals surface area contributed by atoms with Crippen LogP contribution in [0.3, 0.4) is 0 Å². The van der Waals surface area contributed by atoms with Crippen molar-refractivity contribution in [3.63, 3.8) is 0 Å². The predicted molar refractivity (Wildman–Crippen MR) is 66.3 cm³/mol. The van der Waals surface area contributed by atoms with Gasteiger partial charge in [0.1, 0.15) is 6.04 Å². The average Bonchev–Trinajstić information content (AvgIpc) is 2.65. The van der Waals surface area contributed by atoms with E-state index < -0.39 is 17.9 Å². The molecule has 0 radical (unpaired) electrons. The van der Waals surface area contributed by atoms with Crippen molar-refractivity contribution in [2.45, 2.75) is 33.2 Å². The lowest BCUT2D eigenvalue weighted by Crippen LogP contribution is -2.45. The Hall–Kier alpha value is -1.85. The molecule has 18 heavy (non-hydrogen) atoms. The summed E-state index contributed by atoms with van der Waals surface area (Å²) in [4.78, 5) is 23.1. The Morgan fingerprint density at radius 1 is 1.56 bits per heavy atom. The van der Waals surface area contributed by atoms with Gasteiger partial charge < -0.3 is 10.4 Å². The zero-order valence-electron chi connectivity index (χ0n) is 11.1. The fourth-order valence-corrected chi connectivity index (χ4v) is 1.62. The summed E-state index contributed by atoms with van der Waals surface area (Å²) in [7, 11) is 1.73. The van der Waals surface area contributed by atoms with Crippen molar-refractivity contribution in [3.05, 3.63) is 17.5 Å². The predicted octanol–water partition coefficient (Wildman–Crippen LogP) is 0.958. The molecule has 0 spiro atoms. The van der Waals surface area contributed by atoms with Gasteiger partial charge in [0.05, 0.1) is 11.8 Å². The number of hydrogen-bond acceptors (Lipinski definition) is 3. The second kappa shape index (κ2) is 5.66. The number of carboxylic acids is 1. The molecule has 1 heterocycles. The highest BCUT2D eigenvalue weighted by Gasteiger charge is 2.26. The van der Waals surface area contributed by atoms with Gasteiger partial charge in [-0.15, -0.1) is 0 Å². The zero-order chi connectivity index (χ0) is 13.9. The standard InChI is InChI=1S/C12H19N3O3/c1-5-7(2)10(12(17)18)14-11(16)9-6-13-15(4)8(9)3/h6-7,10H,5H2,1-4H3,(H,14,16)(H,17,18). The third-order valence-electron chi connectivity index (χ3n) is 3.25. The van der Waals surface area contributed by atoms with E-state index in [1.807, 2.05) is 6.92 Å². The first-order chi connectivity index (χ1) is 8.38. The lowest BCUT2D eigenvalue weighted by atomic mass is 9.99. The normalized spacial score (nSPS) is 14.0. The molecule has 1 aromatic heterocycles. The number of rotatable bonds is 5. The molecule has 6 nitrogen and oxygen atoms in total. The van der Waals surface area contributed by atoms with Crippen molar-refractivity contribution in [2.24, 2.45) is 13.0 Å². The maximum atomic E-state index is 12.0. The third-order valence-corrected chi connectivity index (χ3v) is 3.25. The van der Waals surface area contributed by atoms with Crippen LogP contribution in [0.15, 0.2) is 6.20 Å². The molecular formula is C12H19N3O3. The van der Waals surface area contributed by atoms with Crippen LogP contribution in [0.2, 0.25) is 0 Å². The average molecular weight is 253 g/mol. The summed E-state index contributed by atoms with van der Waals surface area (Å²) in [5, 5.41) is 15.6. The SMILES string of the molecule is CCC(C)C(NC(=O)c1cnn(C)c1C)C(=O)O. The molecule has 6 heteroatoms. The van der Waals surface area contributed by atoms with E-state index in [4.69, 9.17) is 5.11 Å². The molecule has 1 rings (SSSR count). The number of hydrogen-bond donors (Lipinski definition) is 2. The first kappa shape index (κ1) is 14.2. The maximum absolute atomic E-state index is 12.0. The van der Waals surface area contributed by atoms with E-state index in [2.05, 4.69) is 10.4 Å². The van der Waals surface area contributed by atoms with E-state index in [-0.39, 0.29) is 5.92 Å². The van der Waals surface area contributed by atoms with E-state index in [9.17, 15) is 9.59 Å². The topological polar surface area (TPSA) is 84.2 Å². The van der Waals surface area contributed by atoms with Crippen molar-refractivity contribution in [2.75, 3.05) is 0 Å². The molecule has 2 atom stereocenters. The van der Waals surface area contributed by atoms with E-state index in [0.29, 0.717) is 17.7 Å². The fraction of sp³-hybridized carbons (Fsp3) is 0.583. The van der Waals surface area contributed by atoms with Gasteiger partial charge in [-0.2, -0.15) is 5.10 Å². The largest absolute Gasteiger partial charge is 0.480 e. The van der Waals surface area contributed by atoms with Crippen LogP contribution in [0, 0.1) is 12.8 Å². The van der Waals surface area contributed by atoms with Crippen LogP contribution in [0.5, 0.6) is 0 Å². The van der Waals surface area contributed by atoms with Gasteiger partial charge in [-0.1, -0.05) is 20.3 Å². The lowest BCUT2D eigenvalue weighted by Gasteiger charge is -2.19. The van der Waals surface area contributed by atoms with E-state index >= 15 is 0 Å². The molecule has 1 aromatic rings. The van der Waals surface area contributed by atoms with Gasteiger partial charge in [0.25, 0.3) is 5.91 Å². The Kier molecular flexibility index (Phi) is 4.47. The highest BCUT2D eigenvalue weighted by Crippen LogP contribution is 2.11. The first-order valence-corrected chi connectivity index (χ1v) is 5.90. The number of aromatic nitrogens is 2. The minimum Gasteiger partial charge on any atom is -0.480 e. The molecule has 0 aliphatic carbocycles. The van der Waals surface area contributed by atoms with Crippen LogP contribution in [0.25, 0.3) is 0 Å². The second-order valence-corrected chi connectivity index (χ2v) is 4.44. The molecule has 2 unspecified atom stereocenters. The van der Waals surface area contributed by atoms with E-state index in [1.165, 1.54) is 6.20 Å². The molecule has 0 saturated carbocycles. The van der Waals surface area contributed by atoms with Gasteiger partial charge in [-0.05, 0) is 12.8 Å². The van der Waals surface area contributed by atoms with Gasteiger partial charge in [0.2, 0.25) is 0 Å². The van der Waals surface area contributed by atoms with Gasteiger partial charge in [-0.3, -0.25) is 9.48 Å². The van der Waals surface area contributed by atoms with Crippen molar-refractivity contribution in [3.8, 4) is 0 Å². The summed E-state index contributed by atoms with van der Waals surface area (Å²) in [6.07, 6.45) is 2.13. The molecule has 100 valence electrons. The molecule has 0 aliphatic heterocycles. The first-order valence-electron chi connectivity index (χ1n) is 5.90. The summed E-state index contributed by atoms with van der Waals surface area (Å²) in [6, 6.07) is -0.873. The Morgan fingerprint density at radius 2 is 2.17 bits per heavy atom. The molecule has 0 aliphatic rings. The summed E-state index contributed by atoms with van der Waals surface area (Å²) >= 11 is 0. The summed E-state index contributed by atoms with van der Waals surface area (Å²) in [5.41, 5.74) is 1.12. The van der Waals surface area contributed by atoms with Gasteiger partial charge >= 0.3 is 5.97 Å². The molecular weight excluding hydrogens is 234 g/mol. The van der Waals surface area contributed by atoms with Crippen LogP contribution in [0.4, 0.5) is 0 Å². The van der Waals surface area contributed by atoms with Gasteiger partial charge in [0.15, 0.2) is 0 Å². The number of carbonyl (C=O) groups excluding carboxylic acids is 1. The Labute approximate surface area is 106 Å². The number of carbonyl (C=O) groups is 2. The zero-order valence-corrected chi connectivity index (χ0v) is 11.1. The minimum absolute atomic E-state index is 0.122. The Bertz CT molecular complexity index is 453. The number of amides is 1. The van der Waals surface area contributed by atoms with Gasteiger partial charge in [0, 0.05) is 12.7 Å². The van der Waals surface area contributed by atoms with Crippen molar-refractivity contribution in [1.29, 1.82) is 0 Å². The van der Waals surface area contributed by atoms with Crippen LogP contribution >= 0.6 is 0 Å². The molecule has 0 fully saturated rings. The summed E-state index contributed by atoms with van der Waals surface area (Å²) in [5.74, 6) is -1.53. The summed E-state index contributed by atoms with van der Waals surface area (Å²) in [6.45, 7) is 5.46. The van der Waals surface area contributed by atoms with Crippen LogP contribution in [-0.2, 0) is 11.8 Å². The summed E-state index contributed by atoms with van der Waals surface area (Å²) < 4.78 is 1.58. The quantitative estimate of drug-likeness (QED) is 0.818. The number of aliphatic carboxylic acids is 1. The van der Waals surface area contributed by atoms with Crippen LogP contribution < -0.4 is 5.32 Å². The molecule has 1 amide bonds. The highest BCUT2D eigenvalue weighted by atomic mass is 16.4. The molecule has 2 N–H and O–H groups in total. The number of nitrogens with one attached hydrogen (secondary N) is 1. The number of aryl methyl sites for hydroxylation is 1. The van der Waals surface area contributed by atoms with Crippen molar-refractivity contribution < 1.29 is 14.7 Å².